The van der Waals surface area contributed by atoms with E-state index in [-0.39, 0.29) is 12.4 Å². The third-order valence-electron chi connectivity index (χ3n) is 4.68. The third kappa shape index (κ3) is 4.08. The average molecular weight is 441 g/mol. The van der Waals surface area contributed by atoms with Gasteiger partial charge >= 0.3 is 0 Å². The van der Waals surface area contributed by atoms with Crippen molar-refractivity contribution in [2.45, 2.75) is 6.61 Å². The number of nitrogens with zero attached hydrogens (tertiary/aromatic N) is 1. The highest BCUT2D eigenvalue weighted by atomic mass is 35.5. The number of halogens is 2. The Bertz CT molecular complexity index is 1190. The maximum absolute atomic E-state index is 10.6. The van der Waals surface area contributed by atoms with Crippen LogP contribution in [0.5, 0.6) is 17.2 Å². The summed E-state index contributed by atoms with van der Waals surface area (Å²) in [6.07, 6.45) is 1.71. The van der Waals surface area contributed by atoms with Crippen LogP contribution in [0.2, 0.25) is 10.0 Å². The van der Waals surface area contributed by atoms with E-state index in [1.54, 1.807) is 43.6 Å². The lowest BCUT2D eigenvalue weighted by atomic mass is 10.0. The highest BCUT2D eigenvalue weighted by Crippen LogP contribution is 2.40. The van der Waals surface area contributed by atoms with Crippen LogP contribution in [-0.2, 0) is 6.61 Å². The summed E-state index contributed by atoms with van der Waals surface area (Å²) in [5.74, 6) is 1.30. The molecule has 0 unspecified atom stereocenters. The molecule has 152 valence electrons. The number of methoxy groups -OCH3 is 1. The minimum Gasteiger partial charge on any atom is -0.507 e. The van der Waals surface area contributed by atoms with Gasteiger partial charge in [-0.2, -0.15) is 5.10 Å². The number of aromatic hydroxyl groups is 1. The van der Waals surface area contributed by atoms with Crippen molar-refractivity contribution in [1.82, 2.24) is 10.2 Å². The number of rotatable bonds is 6. The quantitative estimate of drug-likeness (QED) is 0.366. The normalized spacial score (nSPS) is 10.8. The first-order valence-electron chi connectivity index (χ1n) is 9.13. The van der Waals surface area contributed by atoms with Crippen molar-refractivity contribution in [3.63, 3.8) is 0 Å². The molecule has 30 heavy (non-hydrogen) atoms. The van der Waals surface area contributed by atoms with Gasteiger partial charge in [0.25, 0.3) is 0 Å². The molecule has 0 aliphatic rings. The standard InChI is InChI=1S/C23H18Cl2N2O3/c1-29-22-5-3-2-4-17(22)19-12-26-27-23(19)18-9-8-16(11-21(18)28)30-13-14-6-7-15(24)10-20(14)25/h2-12,28H,13H2,1H3,(H,26,27). The molecule has 0 fully saturated rings. The molecule has 0 spiro atoms. The van der Waals surface area contributed by atoms with Gasteiger partial charge in [-0.3, -0.25) is 5.10 Å². The Labute approximate surface area is 183 Å². The second-order valence-corrected chi connectivity index (χ2v) is 7.41. The maximum Gasteiger partial charge on any atom is 0.128 e. The zero-order chi connectivity index (χ0) is 21.1. The molecule has 5 nitrogen and oxygen atoms in total. The van der Waals surface area contributed by atoms with Crippen LogP contribution in [-0.4, -0.2) is 22.4 Å². The molecule has 4 rings (SSSR count). The minimum atomic E-state index is 0.0649. The monoisotopic (exact) mass is 440 g/mol. The predicted molar refractivity (Wildman–Crippen MR) is 118 cm³/mol. The number of aromatic amines is 1. The smallest absolute Gasteiger partial charge is 0.128 e. The Morgan fingerprint density at radius 1 is 0.967 bits per heavy atom. The van der Waals surface area contributed by atoms with E-state index in [9.17, 15) is 5.11 Å². The van der Waals surface area contributed by atoms with E-state index in [4.69, 9.17) is 32.7 Å². The van der Waals surface area contributed by atoms with Gasteiger partial charge in [0, 0.05) is 38.4 Å². The van der Waals surface area contributed by atoms with Gasteiger partial charge in [-0.1, -0.05) is 47.5 Å². The average Bonchev–Trinajstić information content (AvgIpc) is 3.22. The molecular formula is C23H18Cl2N2O3. The fourth-order valence-electron chi connectivity index (χ4n) is 3.18. The number of H-pyrrole nitrogens is 1. The van der Waals surface area contributed by atoms with Crippen molar-refractivity contribution < 1.29 is 14.6 Å². The van der Waals surface area contributed by atoms with Crippen LogP contribution < -0.4 is 9.47 Å². The Morgan fingerprint density at radius 3 is 2.57 bits per heavy atom. The second-order valence-electron chi connectivity index (χ2n) is 6.56. The van der Waals surface area contributed by atoms with Crippen molar-refractivity contribution >= 4 is 23.2 Å². The van der Waals surface area contributed by atoms with Crippen molar-refractivity contribution in [1.29, 1.82) is 0 Å². The molecule has 0 bridgehead atoms. The van der Waals surface area contributed by atoms with Crippen LogP contribution in [0.4, 0.5) is 0 Å². The van der Waals surface area contributed by atoms with Gasteiger partial charge in [0.05, 0.1) is 19.0 Å². The molecule has 1 heterocycles. The Hall–Kier alpha value is -3.15. The van der Waals surface area contributed by atoms with E-state index in [2.05, 4.69) is 10.2 Å². The van der Waals surface area contributed by atoms with Gasteiger partial charge in [-0.05, 0) is 30.3 Å². The van der Waals surface area contributed by atoms with Crippen molar-refractivity contribution in [3.05, 3.63) is 82.5 Å². The number of phenolic OH excluding ortho intramolecular Hbond substituents is 1. The summed E-state index contributed by atoms with van der Waals surface area (Å²) in [5, 5.41) is 18.9. The van der Waals surface area contributed by atoms with Crippen LogP contribution in [0.3, 0.4) is 0 Å². The highest BCUT2D eigenvalue weighted by molar-refractivity contribution is 6.35. The molecule has 0 aliphatic heterocycles. The molecule has 0 saturated carbocycles. The van der Waals surface area contributed by atoms with Crippen LogP contribution >= 0.6 is 23.2 Å². The summed E-state index contributed by atoms with van der Waals surface area (Å²) >= 11 is 12.1. The van der Waals surface area contributed by atoms with Gasteiger partial charge in [0.15, 0.2) is 0 Å². The molecule has 0 saturated heterocycles. The van der Waals surface area contributed by atoms with E-state index in [1.807, 2.05) is 30.3 Å². The summed E-state index contributed by atoms with van der Waals surface area (Å²) in [7, 11) is 1.62. The lowest BCUT2D eigenvalue weighted by molar-refractivity contribution is 0.304. The number of phenols is 1. The fourth-order valence-corrected chi connectivity index (χ4v) is 3.64. The number of ether oxygens (including phenoxy) is 2. The number of nitrogens with one attached hydrogen (secondary N) is 1. The first-order chi connectivity index (χ1) is 14.6. The van der Waals surface area contributed by atoms with E-state index < -0.39 is 0 Å². The molecule has 0 aliphatic carbocycles. The minimum absolute atomic E-state index is 0.0649. The highest BCUT2D eigenvalue weighted by Gasteiger charge is 2.17. The summed E-state index contributed by atoms with van der Waals surface area (Å²) in [4.78, 5) is 0. The molecular weight excluding hydrogens is 423 g/mol. The first kappa shape index (κ1) is 20.1. The lowest BCUT2D eigenvalue weighted by Gasteiger charge is -2.12. The fraction of sp³-hybridized carbons (Fsp3) is 0.0870. The topological polar surface area (TPSA) is 67.4 Å². The summed E-state index contributed by atoms with van der Waals surface area (Å²) in [6, 6.07) is 18.0. The number of benzene rings is 3. The molecule has 4 aromatic rings. The van der Waals surface area contributed by atoms with Gasteiger partial charge in [-0.25, -0.2) is 0 Å². The third-order valence-corrected chi connectivity index (χ3v) is 5.27. The Kier molecular flexibility index (Phi) is 5.84. The first-order valence-corrected chi connectivity index (χ1v) is 9.89. The Balaban J connectivity index is 1.60. The lowest BCUT2D eigenvalue weighted by Crippen LogP contribution is -1.96. The molecule has 0 amide bonds. The second kappa shape index (κ2) is 8.69. The van der Waals surface area contributed by atoms with Gasteiger partial charge in [0.1, 0.15) is 23.9 Å². The van der Waals surface area contributed by atoms with E-state index in [0.717, 1.165) is 22.4 Å². The van der Waals surface area contributed by atoms with Crippen LogP contribution in [0.25, 0.3) is 22.4 Å². The van der Waals surface area contributed by atoms with Gasteiger partial charge in [0.2, 0.25) is 0 Å². The van der Waals surface area contributed by atoms with Crippen molar-refractivity contribution in [2.75, 3.05) is 7.11 Å². The van der Waals surface area contributed by atoms with Gasteiger partial charge < -0.3 is 14.6 Å². The summed E-state index contributed by atoms with van der Waals surface area (Å²) in [5.41, 5.74) is 3.79. The van der Waals surface area contributed by atoms with Gasteiger partial charge in [-0.15, -0.1) is 0 Å². The van der Waals surface area contributed by atoms with Crippen LogP contribution in [0.1, 0.15) is 5.56 Å². The van der Waals surface area contributed by atoms with Crippen LogP contribution in [0, 0.1) is 0 Å². The van der Waals surface area contributed by atoms with Crippen molar-refractivity contribution in [3.8, 4) is 39.6 Å². The zero-order valence-corrected chi connectivity index (χ0v) is 17.5. The Morgan fingerprint density at radius 2 is 1.80 bits per heavy atom. The number of hydrogen-bond donors (Lipinski definition) is 2. The maximum atomic E-state index is 10.6. The van der Waals surface area contributed by atoms with Crippen LogP contribution in [0.15, 0.2) is 66.9 Å². The summed E-state index contributed by atoms with van der Waals surface area (Å²) in [6.45, 7) is 0.255. The van der Waals surface area contributed by atoms with Crippen molar-refractivity contribution in [2.24, 2.45) is 0 Å². The number of para-hydroxylation sites is 1. The molecule has 0 atom stereocenters. The molecule has 3 aromatic carbocycles. The molecule has 0 radical (unpaired) electrons. The number of aromatic nitrogens is 2. The number of hydrogen-bond acceptors (Lipinski definition) is 4. The van der Waals surface area contributed by atoms with E-state index >= 15 is 0 Å². The molecule has 7 heteroatoms. The van der Waals surface area contributed by atoms with E-state index in [1.165, 1.54) is 0 Å². The predicted octanol–water partition coefficient (Wildman–Crippen LogP) is 6.34. The summed E-state index contributed by atoms with van der Waals surface area (Å²) < 4.78 is 11.2. The molecule has 2 N–H and O–H groups in total. The SMILES string of the molecule is COc1ccccc1-c1cn[nH]c1-c1ccc(OCc2ccc(Cl)cc2Cl)cc1O. The molecule has 1 aromatic heterocycles. The zero-order valence-electron chi connectivity index (χ0n) is 16.0. The van der Waals surface area contributed by atoms with E-state index in [0.29, 0.717) is 27.1 Å². The largest absolute Gasteiger partial charge is 0.507 e.